The summed E-state index contributed by atoms with van der Waals surface area (Å²) in [5, 5.41) is 9.25. The number of carbonyl (C=O) groups is 2. The first-order valence-corrected chi connectivity index (χ1v) is 5.42. The van der Waals surface area contributed by atoms with Gasteiger partial charge in [0.05, 0.1) is 6.61 Å². The van der Waals surface area contributed by atoms with Crippen molar-refractivity contribution in [2.45, 2.75) is 24.9 Å². The summed E-state index contributed by atoms with van der Waals surface area (Å²) in [6, 6.07) is 7.22. The second kappa shape index (κ2) is 4.30. The molecule has 4 heteroatoms. The van der Waals surface area contributed by atoms with Gasteiger partial charge in [0.1, 0.15) is 11.2 Å². The summed E-state index contributed by atoms with van der Waals surface area (Å²) >= 11 is 0. The van der Waals surface area contributed by atoms with Crippen molar-refractivity contribution in [2.75, 3.05) is 7.11 Å². The smallest absolute Gasteiger partial charge is 0.315 e. The van der Waals surface area contributed by atoms with Crippen LogP contribution < -0.4 is 0 Å². The van der Waals surface area contributed by atoms with E-state index in [9.17, 15) is 14.7 Å². The van der Waals surface area contributed by atoms with Gasteiger partial charge in [0, 0.05) is 20.0 Å². The lowest BCUT2D eigenvalue weighted by Crippen LogP contribution is -2.48. The highest BCUT2D eigenvalue weighted by atomic mass is 16.5. The van der Waals surface area contributed by atoms with E-state index in [0.717, 1.165) is 5.56 Å². The molecule has 0 spiro atoms. The SMILES string of the molecule is COCc1ccc(C2(C(=O)O)CC(=O)C2)cc1. The molecule has 17 heavy (non-hydrogen) atoms. The molecule has 0 amide bonds. The highest BCUT2D eigenvalue weighted by Gasteiger charge is 2.51. The van der Waals surface area contributed by atoms with Crippen molar-refractivity contribution in [3.63, 3.8) is 0 Å². The Morgan fingerprint density at radius 3 is 2.35 bits per heavy atom. The van der Waals surface area contributed by atoms with Gasteiger partial charge in [-0.05, 0) is 11.1 Å². The van der Waals surface area contributed by atoms with Crippen molar-refractivity contribution < 1.29 is 19.4 Å². The lowest BCUT2D eigenvalue weighted by Gasteiger charge is -2.36. The van der Waals surface area contributed by atoms with Gasteiger partial charge >= 0.3 is 5.97 Å². The Morgan fingerprint density at radius 1 is 1.35 bits per heavy atom. The van der Waals surface area contributed by atoms with Crippen LogP contribution in [0.15, 0.2) is 24.3 Å². The van der Waals surface area contributed by atoms with Crippen LogP contribution in [0, 0.1) is 0 Å². The Balaban J connectivity index is 2.26. The van der Waals surface area contributed by atoms with Crippen LogP contribution in [0.2, 0.25) is 0 Å². The lowest BCUT2D eigenvalue weighted by atomic mass is 9.63. The molecule has 0 radical (unpaired) electrons. The highest BCUT2D eigenvalue weighted by molar-refractivity contribution is 6.01. The topological polar surface area (TPSA) is 63.6 Å². The first-order valence-electron chi connectivity index (χ1n) is 5.42. The predicted octanol–water partition coefficient (Wildman–Crippen LogP) is 1.52. The quantitative estimate of drug-likeness (QED) is 0.857. The molecule has 90 valence electrons. The molecule has 1 aliphatic rings. The molecule has 1 aliphatic carbocycles. The van der Waals surface area contributed by atoms with Gasteiger partial charge in [-0.2, -0.15) is 0 Å². The standard InChI is InChI=1S/C13H14O4/c1-17-8-9-2-4-10(5-3-9)13(12(15)16)6-11(14)7-13/h2-5H,6-8H2,1H3,(H,15,16). The Morgan fingerprint density at radius 2 is 1.94 bits per heavy atom. The van der Waals surface area contributed by atoms with E-state index in [1.165, 1.54) is 0 Å². The largest absolute Gasteiger partial charge is 0.481 e. The van der Waals surface area contributed by atoms with E-state index in [-0.39, 0.29) is 18.6 Å². The summed E-state index contributed by atoms with van der Waals surface area (Å²) in [6.45, 7) is 0.499. The normalized spacial score (nSPS) is 17.6. The number of carbonyl (C=O) groups excluding carboxylic acids is 1. The van der Waals surface area contributed by atoms with Gasteiger partial charge < -0.3 is 9.84 Å². The second-order valence-electron chi connectivity index (χ2n) is 4.41. The fraction of sp³-hybridized carbons (Fsp3) is 0.385. The molecule has 1 aromatic rings. The third-order valence-electron chi connectivity index (χ3n) is 3.22. The van der Waals surface area contributed by atoms with Gasteiger partial charge in [-0.15, -0.1) is 0 Å². The van der Waals surface area contributed by atoms with Crippen molar-refractivity contribution in [1.82, 2.24) is 0 Å². The van der Waals surface area contributed by atoms with Crippen LogP contribution in [0.4, 0.5) is 0 Å². The molecular formula is C13H14O4. The number of rotatable bonds is 4. The zero-order valence-electron chi connectivity index (χ0n) is 9.60. The average Bonchev–Trinajstić information content (AvgIpc) is 2.26. The van der Waals surface area contributed by atoms with Crippen LogP contribution in [0.3, 0.4) is 0 Å². The summed E-state index contributed by atoms with van der Waals surface area (Å²) in [4.78, 5) is 22.4. The number of Topliss-reactive ketones (excluding diaryl/α,β-unsaturated/α-hetero) is 1. The molecule has 1 aromatic carbocycles. The van der Waals surface area contributed by atoms with Crippen LogP contribution in [-0.2, 0) is 26.3 Å². The number of ketones is 1. The van der Waals surface area contributed by atoms with Gasteiger partial charge in [-0.1, -0.05) is 24.3 Å². The molecule has 0 atom stereocenters. The minimum absolute atomic E-state index is 0.00775. The third-order valence-corrected chi connectivity index (χ3v) is 3.22. The Bertz CT molecular complexity index is 439. The first kappa shape index (κ1) is 11.8. The molecule has 4 nitrogen and oxygen atoms in total. The molecular weight excluding hydrogens is 220 g/mol. The van der Waals surface area contributed by atoms with Crippen molar-refractivity contribution in [3.8, 4) is 0 Å². The fourth-order valence-corrected chi connectivity index (χ4v) is 2.19. The molecule has 0 aromatic heterocycles. The fourth-order valence-electron chi connectivity index (χ4n) is 2.19. The van der Waals surface area contributed by atoms with Gasteiger partial charge in [0.25, 0.3) is 0 Å². The zero-order valence-corrected chi connectivity index (χ0v) is 9.60. The van der Waals surface area contributed by atoms with Gasteiger partial charge in [0.2, 0.25) is 0 Å². The van der Waals surface area contributed by atoms with Gasteiger partial charge in [-0.25, -0.2) is 0 Å². The van der Waals surface area contributed by atoms with Gasteiger partial charge in [0.15, 0.2) is 0 Å². The summed E-state index contributed by atoms with van der Waals surface area (Å²) in [5.41, 5.74) is 0.690. The maximum Gasteiger partial charge on any atom is 0.315 e. The summed E-state index contributed by atoms with van der Waals surface area (Å²) in [7, 11) is 1.61. The maximum absolute atomic E-state index is 11.3. The minimum Gasteiger partial charge on any atom is -0.481 e. The molecule has 2 rings (SSSR count). The van der Waals surface area contributed by atoms with Gasteiger partial charge in [-0.3, -0.25) is 9.59 Å². The van der Waals surface area contributed by atoms with Crippen LogP contribution >= 0.6 is 0 Å². The summed E-state index contributed by atoms with van der Waals surface area (Å²) < 4.78 is 4.99. The van der Waals surface area contributed by atoms with Crippen LogP contribution in [0.1, 0.15) is 24.0 Å². The molecule has 1 N–H and O–H groups in total. The Hall–Kier alpha value is -1.68. The molecule has 0 bridgehead atoms. The Kier molecular flexibility index (Phi) is 2.98. The van der Waals surface area contributed by atoms with Crippen molar-refractivity contribution in [3.05, 3.63) is 35.4 Å². The first-order chi connectivity index (χ1) is 8.08. The highest BCUT2D eigenvalue weighted by Crippen LogP contribution is 2.41. The molecule has 0 saturated heterocycles. The van der Waals surface area contributed by atoms with E-state index in [2.05, 4.69) is 0 Å². The average molecular weight is 234 g/mol. The number of benzene rings is 1. The minimum atomic E-state index is -0.997. The van der Waals surface area contributed by atoms with E-state index in [0.29, 0.717) is 12.2 Å². The number of hydrogen-bond donors (Lipinski definition) is 1. The summed E-state index contributed by atoms with van der Waals surface area (Å²) in [5.74, 6) is -0.912. The number of aliphatic carboxylic acids is 1. The number of hydrogen-bond acceptors (Lipinski definition) is 3. The van der Waals surface area contributed by atoms with Crippen molar-refractivity contribution >= 4 is 11.8 Å². The number of methoxy groups -OCH3 is 1. The monoisotopic (exact) mass is 234 g/mol. The third kappa shape index (κ3) is 1.96. The number of carboxylic acid groups (broad SMARTS) is 1. The molecule has 0 unspecified atom stereocenters. The second-order valence-corrected chi connectivity index (χ2v) is 4.41. The van der Waals surface area contributed by atoms with Crippen LogP contribution in [0.25, 0.3) is 0 Å². The number of carboxylic acids is 1. The molecule has 0 heterocycles. The maximum atomic E-state index is 11.3. The van der Waals surface area contributed by atoms with E-state index < -0.39 is 11.4 Å². The van der Waals surface area contributed by atoms with E-state index >= 15 is 0 Å². The zero-order chi connectivity index (χ0) is 12.5. The Labute approximate surface area is 99.2 Å². The number of ether oxygens (including phenoxy) is 1. The van der Waals surface area contributed by atoms with Crippen LogP contribution in [0.5, 0.6) is 0 Å². The van der Waals surface area contributed by atoms with E-state index in [1.807, 2.05) is 12.1 Å². The van der Waals surface area contributed by atoms with E-state index in [1.54, 1.807) is 19.2 Å². The lowest BCUT2D eigenvalue weighted by molar-refractivity contribution is -0.153. The van der Waals surface area contributed by atoms with Crippen LogP contribution in [-0.4, -0.2) is 24.0 Å². The molecule has 1 fully saturated rings. The molecule has 1 saturated carbocycles. The summed E-state index contributed by atoms with van der Waals surface area (Å²) in [6.07, 6.45) is 0.206. The predicted molar refractivity (Wildman–Crippen MR) is 60.7 cm³/mol. The van der Waals surface area contributed by atoms with Crippen molar-refractivity contribution in [2.24, 2.45) is 0 Å². The van der Waals surface area contributed by atoms with Crippen molar-refractivity contribution in [1.29, 1.82) is 0 Å². The van der Waals surface area contributed by atoms with E-state index in [4.69, 9.17) is 4.74 Å². The molecule has 0 aliphatic heterocycles.